The number of amides is 1. The number of halogens is 1. The molecule has 1 aliphatic heterocycles. The second-order valence-electron chi connectivity index (χ2n) is 9.65. The molecule has 0 radical (unpaired) electrons. The quantitative estimate of drug-likeness (QED) is 0.702. The fourth-order valence-corrected chi connectivity index (χ4v) is 7.57. The number of nitrogens with one attached hydrogen (secondary N) is 1. The van der Waals surface area contributed by atoms with Crippen LogP contribution < -0.4 is 5.32 Å². The van der Waals surface area contributed by atoms with E-state index in [9.17, 15) is 9.59 Å². The zero-order valence-corrected chi connectivity index (χ0v) is 17.5. The highest BCUT2D eigenvalue weighted by atomic mass is 35.5. The molecule has 0 aromatic heterocycles. The summed E-state index contributed by atoms with van der Waals surface area (Å²) in [7, 11) is 0. The van der Waals surface area contributed by atoms with Crippen molar-refractivity contribution in [2.75, 3.05) is 6.61 Å². The summed E-state index contributed by atoms with van der Waals surface area (Å²) in [6.45, 7) is 7.06. The van der Waals surface area contributed by atoms with Crippen LogP contribution in [-0.2, 0) is 14.3 Å². The van der Waals surface area contributed by atoms with E-state index < -0.39 is 0 Å². The molecule has 0 aromatic carbocycles. The summed E-state index contributed by atoms with van der Waals surface area (Å²) < 4.78 is 5.24. The molecule has 6 atom stereocenters. The lowest BCUT2D eigenvalue weighted by Crippen LogP contribution is -2.54. The zero-order valence-electron chi connectivity index (χ0n) is 16.8. The van der Waals surface area contributed by atoms with Crippen LogP contribution in [0.25, 0.3) is 0 Å². The van der Waals surface area contributed by atoms with Crippen LogP contribution in [0.1, 0.15) is 72.1 Å². The fourth-order valence-electron chi connectivity index (χ4n) is 7.13. The lowest BCUT2D eigenvalue weighted by Gasteiger charge is -2.57. The summed E-state index contributed by atoms with van der Waals surface area (Å²) >= 11 is 6.75. The molecule has 4 aliphatic rings. The van der Waals surface area contributed by atoms with Gasteiger partial charge in [0.2, 0.25) is 5.91 Å². The Morgan fingerprint density at radius 3 is 2.74 bits per heavy atom. The van der Waals surface area contributed by atoms with Gasteiger partial charge >= 0.3 is 5.97 Å². The van der Waals surface area contributed by atoms with Gasteiger partial charge in [0.15, 0.2) is 0 Å². The Labute approximate surface area is 167 Å². The Kier molecular flexibility index (Phi) is 4.85. The van der Waals surface area contributed by atoms with Gasteiger partial charge < -0.3 is 10.1 Å². The molecular formula is C22H32ClNO3. The van der Waals surface area contributed by atoms with Crippen molar-refractivity contribution < 1.29 is 14.3 Å². The molecule has 4 rings (SSSR count). The molecule has 1 heterocycles. The van der Waals surface area contributed by atoms with Gasteiger partial charge in [-0.3, -0.25) is 9.59 Å². The highest BCUT2D eigenvalue weighted by Crippen LogP contribution is 2.66. The van der Waals surface area contributed by atoms with E-state index in [1.54, 1.807) is 0 Å². The van der Waals surface area contributed by atoms with Crippen LogP contribution in [-0.4, -0.2) is 18.5 Å². The number of esters is 1. The lowest BCUT2D eigenvalue weighted by atomic mass is 9.49. The van der Waals surface area contributed by atoms with Gasteiger partial charge in [0.05, 0.1) is 6.61 Å². The van der Waals surface area contributed by atoms with Gasteiger partial charge in [0.1, 0.15) is 0 Å². The van der Waals surface area contributed by atoms with E-state index in [4.69, 9.17) is 16.3 Å². The second kappa shape index (κ2) is 6.79. The molecule has 0 unspecified atom stereocenters. The maximum Gasteiger partial charge on any atom is 0.306 e. The molecule has 0 spiro atoms. The topological polar surface area (TPSA) is 55.4 Å². The maximum atomic E-state index is 12.1. The number of fused-ring (bicyclic) bond motifs is 5. The number of rotatable bonds is 3. The normalized spacial score (nSPS) is 43.5. The van der Waals surface area contributed by atoms with E-state index in [-0.39, 0.29) is 22.7 Å². The smallest absolute Gasteiger partial charge is 0.306 e. The van der Waals surface area contributed by atoms with Crippen molar-refractivity contribution in [1.29, 1.82) is 0 Å². The first-order valence-electron chi connectivity index (χ1n) is 10.6. The van der Waals surface area contributed by atoms with Crippen LogP contribution in [0.3, 0.4) is 0 Å². The fraction of sp³-hybridized carbons (Fsp3) is 0.818. The van der Waals surface area contributed by atoms with Crippen LogP contribution in [0.15, 0.2) is 10.7 Å². The summed E-state index contributed by atoms with van der Waals surface area (Å²) in [5.74, 6) is 2.24. The molecule has 27 heavy (non-hydrogen) atoms. The molecule has 5 heteroatoms. The molecule has 1 N–H and O–H groups in total. The van der Waals surface area contributed by atoms with Crippen molar-refractivity contribution in [2.24, 2.45) is 34.5 Å². The molecule has 150 valence electrons. The predicted octanol–water partition coefficient (Wildman–Crippen LogP) is 4.77. The van der Waals surface area contributed by atoms with Crippen LogP contribution in [0.4, 0.5) is 0 Å². The molecular weight excluding hydrogens is 362 g/mol. The van der Waals surface area contributed by atoms with E-state index in [2.05, 4.69) is 19.2 Å². The van der Waals surface area contributed by atoms with E-state index in [0.29, 0.717) is 43.1 Å². The zero-order chi connectivity index (χ0) is 19.4. The van der Waals surface area contributed by atoms with Gasteiger partial charge in [-0.25, -0.2) is 0 Å². The first-order valence-corrected chi connectivity index (χ1v) is 11.0. The Hall–Kier alpha value is -1.03. The average molecular weight is 394 g/mol. The van der Waals surface area contributed by atoms with Crippen molar-refractivity contribution in [1.82, 2.24) is 5.32 Å². The Bertz CT molecular complexity index is 689. The minimum Gasteiger partial charge on any atom is -0.466 e. The third kappa shape index (κ3) is 2.94. The van der Waals surface area contributed by atoms with Crippen molar-refractivity contribution in [3.05, 3.63) is 10.7 Å². The van der Waals surface area contributed by atoms with Crippen molar-refractivity contribution in [3.63, 3.8) is 0 Å². The number of carbonyl (C=O) groups excluding carboxylic acids is 2. The monoisotopic (exact) mass is 393 g/mol. The molecule has 3 aliphatic carbocycles. The van der Waals surface area contributed by atoms with E-state index in [1.165, 1.54) is 6.42 Å². The third-order valence-electron chi connectivity index (χ3n) is 8.56. The summed E-state index contributed by atoms with van der Waals surface area (Å²) in [5, 5.41) is 3.97. The van der Waals surface area contributed by atoms with E-state index in [0.717, 1.165) is 42.8 Å². The minimum absolute atomic E-state index is 0.00549. The van der Waals surface area contributed by atoms with Crippen LogP contribution in [0.2, 0.25) is 0 Å². The molecule has 0 aromatic rings. The highest BCUT2D eigenvalue weighted by Gasteiger charge is 2.59. The second-order valence-corrected chi connectivity index (χ2v) is 10.1. The molecule has 4 nitrogen and oxygen atoms in total. The SMILES string of the molecule is CCOC(=O)C[C@H]1CC[C@H]2[C@@H]3CC(Cl)=C4NC(=O)CC[C@]4(C)[C@H]3CC[C@]12C. The number of carbonyl (C=O) groups is 2. The Morgan fingerprint density at radius 1 is 1.22 bits per heavy atom. The number of hydrogen-bond donors (Lipinski definition) is 1. The highest BCUT2D eigenvalue weighted by molar-refractivity contribution is 6.30. The van der Waals surface area contributed by atoms with E-state index in [1.807, 2.05) is 6.92 Å². The van der Waals surface area contributed by atoms with Crippen molar-refractivity contribution in [3.8, 4) is 0 Å². The van der Waals surface area contributed by atoms with Crippen LogP contribution >= 0.6 is 11.6 Å². The number of piperidine rings is 1. The summed E-state index contributed by atoms with van der Waals surface area (Å²) in [6.07, 6.45) is 7.56. The first-order chi connectivity index (χ1) is 12.8. The van der Waals surface area contributed by atoms with Gasteiger partial charge in [-0.1, -0.05) is 25.4 Å². The average Bonchev–Trinajstić information content (AvgIpc) is 2.94. The lowest BCUT2D eigenvalue weighted by molar-refractivity contribution is -0.146. The summed E-state index contributed by atoms with van der Waals surface area (Å²) in [6, 6.07) is 0. The molecule has 3 fully saturated rings. The van der Waals surface area contributed by atoms with Gasteiger partial charge in [-0.2, -0.15) is 0 Å². The summed E-state index contributed by atoms with van der Waals surface area (Å²) in [4.78, 5) is 24.1. The van der Waals surface area contributed by atoms with Gasteiger partial charge in [0, 0.05) is 29.0 Å². The van der Waals surface area contributed by atoms with Crippen molar-refractivity contribution >= 4 is 23.5 Å². The molecule has 1 saturated heterocycles. The molecule has 0 bridgehead atoms. The number of ether oxygens (including phenoxy) is 1. The first kappa shape index (κ1) is 19.3. The van der Waals surface area contributed by atoms with Crippen LogP contribution in [0.5, 0.6) is 0 Å². The van der Waals surface area contributed by atoms with Crippen molar-refractivity contribution in [2.45, 2.75) is 72.1 Å². The standard InChI is InChI=1S/C22H32ClNO3/c1-4-27-19(26)11-13-5-6-15-14-12-17(23)20-22(3,10-8-18(25)24-20)16(14)7-9-21(13,15)2/h13-16H,4-12H2,1-3H3,(H,24,25)/t13-,14+,15+,16+,21-,22-/m1/s1. The largest absolute Gasteiger partial charge is 0.466 e. The predicted molar refractivity (Wildman–Crippen MR) is 105 cm³/mol. The summed E-state index contributed by atoms with van der Waals surface area (Å²) in [5.41, 5.74) is 1.21. The Morgan fingerprint density at radius 2 is 2.00 bits per heavy atom. The van der Waals surface area contributed by atoms with E-state index >= 15 is 0 Å². The Balaban J connectivity index is 1.60. The molecule has 1 amide bonds. The number of hydrogen-bond acceptors (Lipinski definition) is 3. The maximum absolute atomic E-state index is 12.1. The minimum atomic E-state index is -0.0442. The van der Waals surface area contributed by atoms with Gasteiger partial charge in [-0.15, -0.1) is 0 Å². The van der Waals surface area contributed by atoms with Crippen LogP contribution in [0, 0.1) is 34.5 Å². The number of allylic oxidation sites excluding steroid dienone is 2. The van der Waals surface area contributed by atoms with Gasteiger partial charge in [-0.05, 0) is 74.5 Å². The van der Waals surface area contributed by atoms with Gasteiger partial charge in [0.25, 0.3) is 0 Å². The third-order valence-corrected chi connectivity index (χ3v) is 8.91. The molecule has 2 saturated carbocycles.